The number of carboxylic acids is 1. The fourth-order valence-corrected chi connectivity index (χ4v) is 4.03. The standard InChI is InChI=1S/C21H27NO2/c1-15-21(2,3)20-17-10-7-6-9-16(17)12-13-18(20)22(15)14-8-4-5-11-19(23)24/h6-7,9-10,12-13,15H,4-5,8,11,14H2,1-3H3,(H,23,24). The SMILES string of the molecule is CC1N(CCCCCC(=O)O)c2ccc3ccccc3c2C1(C)C. The Morgan fingerprint density at radius 3 is 2.62 bits per heavy atom. The second kappa shape index (κ2) is 6.46. The molecule has 0 bridgehead atoms. The lowest BCUT2D eigenvalue weighted by atomic mass is 9.79. The molecule has 0 amide bonds. The zero-order valence-corrected chi connectivity index (χ0v) is 14.9. The normalized spacial score (nSPS) is 18.8. The summed E-state index contributed by atoms with van der Waals surface area (Å²) in [4.78, 5) is 13.1. The van der Waals surface area contributed by atoms with E-state index in [9.17, 15) is 4.79 Å². The van der Waals surface area contributed by atoms with Gasteiger partial charge in [0.25, 0.3) is 0 Å². The van der Waals surface area contributed by atoms with Crippen LogP contribution < -0.4 is 4.90 Å². The zero-order chi connectivity index (χ0) is 17.3. The van der Waals surface area contributed by atoms with Gasteiger partial charge in [0.15, 0.2) is 0 Å². The van der Waals surface area contributed by atoms with Gasteiger partial charge in [0, 0.05) is 30.1 Å². The number of nitrogens with zero attached hydrogens (tertiary/aromatic N) is 1. The zero-order valence-electron chi connectivity index (χ0n) is 14.9. The van der Waals surface area contributed by atoms with E-state index in [2.05, 4.69) is 62.1 Å². The fraction of sp³-hybridized carbons (Fsp3) is 0.476. The summed E-state index contributed by atoms with van der Waals surface area (Å²) >= 11 is 0. The van der Waals surface area contributed by atoms with Crippen LogP contribution in [0.4, 0.5) is 5.69 Å². The van der Waals surface area contributed by atoms with Crippen molar-refractivity contribution in [3.63, 3.8) is 0 Å². The molecular weight excluding hydrogens is 298 g/mol. The molecule has 1 N–H and O–H groups in total. The third kappa shape index (κ3) is 2.88. The van der Waals surface area contributed by atoms with Crippen molar-refractivity contribution in [3.05, 3.63) is 42.0 Å². The number of benzene rings is 2. The maximum atomic E-state index is 10.6. The van der Waals surface area contributed by atoms with E-state index < -0.39 is 5.97 Å². The Balaban J connectivity index is 1.84. The van der Waals surface area contributed by atoms with Gasteiger partial charge in [0.2, 0.25) is 0 Å². The van der Waals surface area contributed by atoms with Crippen LogP contribution in [-0.2, 0) is 10.2 Å². The first-order chi connectivity index (χ1) is 11.4. The molecule has 0 aliphatic carbocycles. The van der Waals surface area contributed by atoms with E-state index in [-0.39, 0.29) is 11.8 Å². The third-order valence-electron chi connectivity index (χ3n) is 5.66. The molecule has 1 aliphatic heterocycles. The van der Waals surface area contributed by atoms with E-state index in [1.807, 2.05) is 0 Å². The van der Waals surface area contributed by atoms with Crippen molar-refractivity contribution in [2.45, 2.75) is 57.9 Å². The summed E-state index contributed by atoms with van der Waals surface area (Å²) in [5, 5.41) is 11.4. The molecule has 2 aromatic rings. The largest absolute Gasteiger partial charge is 0.481 e. The Morgan fingerprint density at radius 2 is 1.88 bits per heavy atom. The van der Waals surface area contributed by atoms with Crippen molar-refractivity contribution < 1.29 is 9.90 Å². The number of carbonyl (C=O) groups is 1. The van der Waals surface area contributed by atoms with Crippen LogP contribution in [0.5, 0.6) is 0 Å². The van der Waals surface area contributed by atoms with Crippen LogP contribution in [0.1, 0.15) is 52.0 Å². The molecule has 1 atom stereocenters. The molecule has 0 fully saturated rings. The van der Waals surface area contributed by atoms with Crippen LogP contribution in [0.15, 0.2) is 36.4 Å². The minimum atomic E-state index is -0.692. The first-order valence-corrected chi connectivity index (χ1v) is 8.93. The van der Waals surface area contributed by atoms with E-state index in [1.54, 1.807) is 0 Å². The van der Waals surface area contributed by atoms with Crippen molar-refractivity contribution in [1.29, 1.82) is 0 Å². The van der Waals surface area contributed by atoms with Gasteiger partial charge in [-0.05, 0) is 42.2 Å². The molecule has 0 saturated heterocycles. The second-order valence-corrected chi connectivity index (χ2v) is 7.48. The number of hydrogen-bond acceptors (Lipinski definition) is 2. The number of carboxylic acid groups (broad SMARTS) is 1. The highest BCUT2D eigenvalue weighted by Crippen LogP contribution is 2.48. The smallest absolute Gasteiger partial charge is 0.303 e. The predicted molar refractivity (Wildman–Crippen MR) is 99.9 cm³/mol. The number of anilines is 1. The van der Waals surface area contributed by atoms with Gasteiger partial charge in [-0.15, -0.1) is 0 Å². The van der Waals surface area contributed by atoms with Gasteiger partial charge in [-0.2, -0.15) is 0 Å². The van der Waals surface area contributed by atoms with E-state index in [0.29, 0.717) is 6.04 Å². The highest BCUT2D eigenvalue weighted by Gasteiger charge is 2.42. The van der Waals surface area contributed by atoms with Crippen LogP contribution >= 0.6 is 0 Å². The molecule has 1 aliphatic rings. The van der Waals surface area contributed by atoms with Crippen molar-refractivity contribution >= 4 is 22.4 Å². The molecular formula is C21H27NO2. The van der Waals surface area contributed by atoms with Crippen LogP contribution in [0.3, 0.4) is 0 Å². The first kappa shape index (κ1) is 16.8. The summed E-state index contributed by atoms with van der Waals surface area (Å²) in [5.74, 6) is -0.692. The molecule has 0 aromatic heterocycles. The van der Waals surface area contributed by atoms with Crippen molar-refractivity contribution in [2.75, 3.05) is 11.4 Å². The molecule has 0 radical (unpaired) electrons. The van der Waals surface area contributed by atoms with E-state index >= 15 is 0 Å². The lowest BCUT2D eigenvalue weighted by molar-refractivity contribution is -0.137. The average Bonchev–Trinajstić information content (AvgIpc) is 2.75. The maximum Gasteiger partial charge on any atom is 0.303 e. The molecule has 3 rings (SSSR count). The number of rotatable bonds is 6. The molecule has 2 aromatic carbocycles. The van der Waals surface area contributed by atoms with Crippen LogP contribution in [-0.4, -0.2) is 23.7 Å². The molecule has 1 unspecified atom stereocenters. The van der Waals surface area contributed by atoms with Crippen LogP contribution in [0.25, 0.3) is 10.8 Å². The van der Waals surface area contributed by atoms with Gasteiger partial charge in [-0.1, -0.05) is 50.6 Å². The minimum absolute atomic E-state index is 0.108. The number of aliphatic carboxylic acids is 1. The Labute approximate surface area is 144 Å². The van der Waals surface area contributed by atoms with Crippen LogP contribution in [0, 0.1) is 0 Å². The fourth-order valence-electron chi connectivity index (χ4n) is 4.03. The van der Waals surface area contributed by atoms with Gasteiger partial charge in [-0.25, -0.2) is 0 Å². The van der Waals surface area contributed by atoms with Crippen molar-refractivity contribution in [2.24, 2.45) is 0 Å². The summed E-state index contributed by atoms with van der Waals surface area (Å²) < 4.78 is 0. The Hall–Kier alpha value is -2.03. The predicted octanol–water partition coefficient (Wildman–Crippen LogP) is 4.97. The first-order valence-electron chi connectivity index (χ1n) is 8.93. The van der Waals surface area contributed by atoms with Crippen molar-refractivity contribution in [1.82, 2.24) is 0 Å². The number of unbranched alkanes of at least 4 members (excludes halogenated alkanes) is 2. The molecule has 3 nitrogen and oxygen atoms in total. The lowest BCUT2D eigenvalue weighted by Crippen LogP contribution is -2.39. The lowest BCUT2D eigenvalue weighted by Gasteiger charge is -2.31. The van der Waals surface area contributed by atoms with E-state index in [0.717, 1.165) is 25.8 Å². The summed E-state index contributed by atoms with van der Waals surface area (Å²) in [6, 6.07) is 13.6. The maximum absolute atomic E-state index is 10.6. The highest BCUT2D eigenvalue weighted by atomic mass is 16.4. The molecule has 0 spiro atoms. The van der Waals surface area contributed by atoms with E-state index in [4.69, 9.17) is 5.11 Å². The third-order valence-corrected chi connectivity index (χ3v) is 5.66. The Kier molecular flexibility index (Phi) is 4.53. The number of fused-ring (bicyclic) bond motifs is 3. The summed E-state index contributed by atoms with van der Waals surface area (Å²) in [7, 11) is 0. The van der Waals surface area contributed by atoms with E-state index in [1.165, 1.54) is 22.0 Å². The highest BCUT2D eigenvalue weighted by molar-refractivity contribution is 5.93. The van der Waals surface area contributed by atoms with Crippen molar-refractivity contribution in [3.8, 4) is 0 Å². The second-order valence-electron chi connectivity index (χ2n) is 7.48. The van der Waals surface area contributed by atoms with Gasteiger partial charge < -0.3 is 10.0 Å². The average molecular weight is 325 g/mol. The van der Waals surface area contributed by atoms with Gasteiger partial charge in [0.05, 0.1) is 0 Å². The molecule has 128 valence electrons. The van der Waals surface area contributed by atoms with Gasteiger partial charge >= 0.3 is 5.97 Å². The molecule has 24 heavy (non-hydrogen) atoms. The van der Waals surface area contributed by atoms with Gasteiger partial charge in [-0.3, -0.25) is 4.79 Å². The Bertz CT molecular complexity index is 751. The monoisotopic (exact) mass is 325 g/mol. The molecule has 1 heterocycles. The molecule has 3 heteroatoms. The number of hydrogen-bond donors (Lipinski definition) is 1. The molecule has 0 saturated carbocycles. The summed E-state index contributed by atoms with van der Waals surface area (Å²) in [5.41, 5.74) is 2.92. The minimum Gasteiger partial charge on any atom is -0.481 e. The quantitative estimate of drug-likeness (QED) is 0.762. The summed E-state index contributed by atoms with van der Waals surface area (Å²) in [6.45, 7) is 7.99. The topological polar surface area (TPSA) is 40.5 Å². The van der Waals surface area contributed by atoms with Gasteiger partial charge in [0.1, 0.15) is 0 Å². The summed E-state index contributed by atoms with van der Waals surface area (Å²) in [6.07, 6.45) is 3.06. The Morgan fingerprint density at radius 1 is 1.12 bits per heavy atom. The van der Waals surface area contributed by atoms with Crippen LogP contribution in [0.2, 0.25) is 0 Å².